The molecule has 4 heteroatoms. The van der Waals surface area contributed by atoms with Gasteiger partial charge in [0.15, 0.2) is 0 Å². The van der Waals surface area contributed by atoms with Gasteiger partial charge in [-0.25, -0.2) is 0 Å². The molecule has 0 aromatic heterocycles. The molecule has 0 radical (unpaired) electrons. The highest BCUT2D eigenvalue weighted by atomic mass is 35.5. The van der Waals surface area contributed by atoms with Crippen LogP contribution in [0.2, 0.25) is 0 Å². The summed E-state index contributed by atoms with van der Waals surface area (Å²) in [6.45, 7) is 0. The van der Waals surface area contributed by atoms with E-state index in [0.717, 1.165) is 0 Å². The first-order valence-electron chi connectivity index (χ1n) is 3.69. The molecule has 1 aromatic carbocycles. The van der Waals surface area contributed by atoms with E-state index < -0.39 is 0 Å². The fourth-order valence-corrected chi connectivity index (χ4v) is 0.884. The topological polar surface area (TPSA) is 46.2 Å². The van der Waals surface area contributed by atoms with Gasteiger partial charge in [0, 0.05) is 0 Å². The summed E-state index contributed by atoms with van der Waals surface area (Å²) in [6.07, 6.45) is 0. The molecule has 0 bridgehead atoms. The average Bonchev–Trinajstić information content (AvgIpc) is 2.32. The molecule has 1 aromatic rings. The van der Waals surface area contributed by atoms with Crippen molar-refractivity contribution in [3.63, 3.8) is 0 Å². The number of halogens is 1. The van der Waals surface area contributed by atoms with E-state index in [9.17, 15) is 9.59 Å². The number of carbonyl (C=O) groups is 1. The smallest absolute Gasteiger partial charge is 0.239 e. The molecule has 68 valence electrons. The molecule has 13 heavy (non-hydrogen) atoms. The second kappa shape index (κ2) is 4.62. The van der Waals surface area contributed by atoms with E-state index >= 15 is 0 Å². The lowest BCUT2D eigenvalue weighted by molar-refractivity contribution is -0.113. The maximum Gasteiger partial charge on any atom is 0.239 e. The van der Waals surface area contributed by atoms with Gasteiger partial charge in [0.1, 0.15) is 5.88 Å². The Morgan fingerprint density at radius 1 is 1.31 bits per heavy atom. The molecule has 1 rings (SSSR count). The van der Waals surface area contributed by atoms with E-state index in [4.69, 9.17) is 11.6 Å². The minimum absolute atomic E-state index is 0.155. The number of carbonyl (C=O) groups excluding carboxylic acids is 1. The van der Waals surface area contributed by atoms with Crippen molar-refractivity contribution in [2.24, 2.45) is 0 Å². The Balaban J connectivity index is 2.97. The highest BCUT2D eigenvalue weighted by Crippen LogP contribution is 1.96. The zero-order chi connectivity index (χ0) is 9.68. The van der Waals surface area contributed by atoms with Crippen LogP contribution in [-0.4, -0.2) is 11.8 Å². The molecule has 1 N–H and O–H groups in total. The van der Waals surface area contributed by atoms with Crippen molar-refractivity contribution in [2.75, 3.05) is 11.2 Å². The second-order valence-corrected chi connectivity index (χ2v) is 2.64. The normalized spacial score (nSPS) is 9.31. The van der Waals surface area contributed by atoms with Crippen LogP contribution in [0, 0.1) is 0 Å². The number of anilines is 1. The van der Waals surface area contributed by atoms with Gasteiger partial charge in [-0.05, 0) is 12.1 Å². The fourth-order valence-electron chi connectivity index (χ4n) is 0.818. The van der Waals surface area contributed by atoms with E-state index in [1.54, 1.807) is 18.2 Å². The summed E-state index contributed by atoms with van der Waals surface area (Å²) < 4.78 is 0. The van der Waals surface area contributed by atoms with E-state index in [-0.39, 0.29) is 22.9 Å². The van der Waals surface area contributed by atoms with Crippen molar-refractivity contribution >= 4 is 23.2 Å². The monoisotopic (exact) mass is 197 g/mol. The van der Waals surface area contributed by atoms with Gasteiger partial charge in [-0.3, -0.25) is 9.59 Å². The Morgan fingerprint density at radius 2 is 2.00 bits per heavy atom. The summed E-state index contributed by atoms with van der Waals surface area (Å²) in [5, 5.41) is 2.40. The van der Waals surface area contributed by atoms with Gasteiger partial charge >= 0.3 is 0 Å². The average molecular weight is 198 g/mol. The van der Waals surface area contributed by atoms with Crippen molar-refractivity contribution in [3.05, 3.63) is 40.6 Å². The van der Waals surface area contributed by atoms with Gasteiger partial charge in [0.25, 0.3) is 0 Å². The van der Waals surface area contributed by atoms with Crippen molar-refractivity contribution in [2.45, 2.75) is 0 Å². The first-order chi connectivity index (χ1) is 6.24. The highest BCUT2D eigenvalue weighted by Gasteiger charge is 2.00. The van der Waals surface area contributed by atoms with E-state index in [0.29, 0.717) is 0 Å². The highest BCUT2D eigenvalue weighted by molar-refractivity contribution is 6.29. The number of alkyl halides is 1. The van der Waals surface area contributed by atoms with Crippen LogP contribution in [-0.2, 0) is 4.79 Å². The number of hydrogen-bond donors (Lipinski definition) is 1. The first kappa shape index (κ1) is 9.74. The van der Waals surface area contributed by atoms with Crippen LogP contribution in [0.4, 0.5) is 5.69 Å². The predicted molar refractivity (Wildman–Crippen MR) is 52.1 cm³/mol. The van der Waals surface area contributed by atoms with Crippen LogP contribution >= 0.6 is 11.6 Å². The molecule has 0 aliphatic carbocycles. The van der Waals surface area contributed by atoms with Gasteiger partial charge in [0.05, 0.1) is 5.69 Å². The van der Waals surface area contributed by atoms with E-state index in [2.05, 4.69) is 5.32 Å². The SMILES string of the molecule is O=C(CCl)Nc1cccccc1=O. The maximum atomic E-state index is 11.2. The summed E-state index contributed by atoms with van der Waals surface area (Å²) >= 11 is 5.27. The molecule has 0 fully saturated rings. The second-order valence-electron chi connectivity index (χ2n) is 2.37. The van der Waals surface area contributed by atoms with Crippen molar-refractivity contribution < 1.29 is 4.79 Å². The third kappa shape index (κ3) is 2.87. The summed E-state index contributed by atoms with van der Waals surface area (Å²) in [4.78, 5) is 22.1. The lowest BCUT2D eigenvalue weighted by Gasteiger charge is -1.97. The Hall–Kier alpha value is -1.35. The van der Waals surface area contributed by atoms with Crippen molar-refractivity contribution in [3.8, 4) is 0 Å². The number of nitrogens with one attached hydrogen (secondary N) is 1. The Bertz CT molecular complexity index is 365. The van der Waals surface area contributed by atoms with Gasteiger partial charge in [-0.1, -0.05) is 18.2 Å². The van der Waals surface area contributed by atoms with Crippen LogP contribution in [0.5, 0.6) is 0 Å². The quantitative estimate of drug-likeness (QED) is 0.725. The molecule has 0 aliphatic rings. The minimum atomic E-state index is -0.384. The third-order valence-electron chi connectivity index (χ3n) is 1.39. The number of rotatable bonds is 2. The summed E-state index contributed by atoms with van der Waals surface area (Å²) in [6, 6.07) is 7.90. The third-order valence-corrected chi connectivity index (χ3v) is 1.64. The summed E-state index contributed by atoms with van der Waals surface area (Å²) in [5.41, 5.74) is 0.0131. The molecule has 0 spiro atoms. The van der Waals surface area contributed by atoms with Crippen LogP contribution in [0.15, 0.2) is 35.1 Å². The van der Waals surface area contributed by atoms with Crippen LogP contribution < -0.4 is 10.7 Å². The van der Waals surface area contributed by atoms with Crippen LogP contribution in [0.3, 0.4) is 0 Å². The number of hydrogen-bond acceptors (Lipinski definition) is 2. The molecule has 3 nitrogen and oxygen atoms in total. The molecular formula is C9H8ClNO2. The molecule has 0 heterocycles. The molecule has 0 aliphatic heterocycles. The van der Waals surface area contributed by atoms with Gasteiger partial charge in [-0.2, -0.15) is 0 Å². The Morgan fingerprint density at radius 3 is 2.69 bits per heavy atom. The summed E-state index contributed by atoms with van der Waals surface area (Å²) in [5.74, 6) is -0.539. The van der Waals surface area contributed by atoms with E-state index in [1.165, 1.54) is 12.1 Å². The van der Waals surface area contributed by atoms with E-state index in [1.807, 2.05) is 0 Å². The van der Waals surface area contributed by atoms with Crippen molar-refractivity contribution in [1.29, 1.82) is 0 Å². The van der Waals surface area contributed by atoms with Gasteiger partial charge in [0.2, 0.25) is 11.3 Å². The zero-order valence-corrected chi connectivity index (χ0v) is 7.54. The minimum Gasteiger partial charge on any atom is -0.322 e. The van der Waals surface area contributed by atoms with Gasteiger partial charge in [-0.15, -0.1) is 11.6 Å². The van der Waals surface area contributed by atoms with Crippen molar-refractivity contribution in [1.82, 2.24) is 0 Å². The molecule has 0 unspecified atom stereocenters. The van der Waals surface area contributed by atoms with Crippen LogP contribution in [0.1, 0.15) is 0 Å². The molecule has 1 amide bonds. The molecule has 0 saturated carbocycles. The predicted octanol–water partition coefficient (Wildman–Crippen LogP) is 1.22. The largest absolute Gasteiger partial charge is 0.322 e. The zero-order valence-electron chi connectivity index (χ0n) is 6.79. The standard InChI is InChI=1S/C9H8ClNO2/c10-6-9(13)11-7-4-2-1-3-5-8(7)12/h1-5H,6H2,(H,11,12,13). The fraction of sp³-hybridized carbons (Fsp3) is 0.111. The summed E-state index contributed by atoms with van der Waals surface area (Å²) in [7, 11) is 0. The lowest BCUT2D eigenvalue weighted by atomic mass is 10.4. The Labute approximate surface area is 80.3 Å². The maximum absolute atomic E-state index is 11.2. The Kier molecular flexibility index (Phi) is 3.46. The number of amides is 1. The molecule has 0 atom stereocenters. The first-order valence-corrected chi connectivity index (χ1v) is 4.22. The lowest BCUT2D eigenvalue weighted by Crippen LogP contribution is -2.17. The molecular weight excluding hydrogens is 190 g/mol. The molecule has 0 saturated heterocycles. The van der Waals surface area contributed by atoms with Gasteiger partial charge < -0.3 is 5.32 Å². The van der Waals surface area contributed by atoms with Crippen LogP contribution in [0.25, 0.3) is 0 Å².